The molecule has 6 nitrogen and oxygen atoms in total. The summed E-state index contributed by atoms with van der Waals surface area (Å²) < 4.78 is 8.05. The maximum absolute atomic E-state index is 8.80. The van der Waals surface area contributed by atoms with Crippen molar-refractivity contribution in [2.75, 3.05) is 13.2 Å². The van der Waals surface area contributed by atoms with Crippen LogP contribution in [0.25, 0.3) is 0 Å². The molecule has 0 radical (unpaired) electrons. The fraction of sp³-hybridized carbons (Fsp3) is 0.471. The number of imidazole rings is 1. The second kappa shape index (κ2) is 6.80. The van der Waals surface area contributed by atoms with Gasteiger partial charge in [0.05, 0.1) is 24.2 Å². The average molecular weight is 311 g/mol. The summed E-state index contributed by atoms with van der Waals surface area (Å²) in [5.41, 5.74) is 1.79. The van der Waals surface area contributed by atoms with Gasteiger partial charge in [-0.2, -0.15) is 5.26 Å². The van der Waals surface area contributed by atoms with Crippen molar-refractivity contribution >= 4 is 0 Å². The molecular formula is C17H21N5O. The fourth-order valence-electron chi connectivity index (χ4n) is 2.82. The van der Waals surface area contributed by atoms with Crippen molar-refractivity contribution in [3.63, 3.8) is 0 Å². The van der Waals surface area contributed by atoms with Gasteiger partial charge < -0.3 is 9.30 Å². The van der Waals surface area contributed by atoms with Crippen molar-refractivity contribution in [1.29, 1.82) is 5.26 Å². The zero-order valence-corrected chi connectivity index (χ0v) is 13.5. The predicted molar refractivity (Wildman–Crippen MR) is 85.7 cm³/mol. The van der Waals surface area contributed by atoms with Crippen molar-refractivity contribution in [3.05, 3.63) is 42.1 Å². The van der Waals surface area contributed by atoms with Crippen LogP contribution >= 0.6 is 0 Å². The molecule has 0 bridgehead atoms. The topological polar surface area (TPSA) is 67.0 Å². The molecule has 2 aromatic rings. The molecule has 0 aliphatic carbocycles. The third kappa shape index (κ3) is 3.69. The number of fused-ring (bicyclic) bond motifs is 1. The molecule has 6 heteroatoms. The van der Waals surface area contributed by atoms with Gasteiger partial charge in [-0.1, -0.05) is 0 Å². The third-order valence-electron chi connectivity index (χ3n) is 4.17. The highest BCUT2D eigenvalue weighted by atomic mass is 16.5. The third-order valence-corrected chi connectivity index (χ3v) is 4.17. The molecule has 0 aromatic carbocycles. The Kier molecular flexibility index (Phi) is 4.58. The SMILES string of the molecule is CC(C)N1Cc2cncn2C[C@@H](COc2ccc(C#N)cn2)C1. The summed E-state index contributed by atoms with van der Waals surface area (Å²) >= 11 is 0. The van der Waals surface area contributed by atoms with Crippen LogP contribution in [-0.2, 0) is 13.1 Å². The summed E-state index contributed by atoms with van der Waals surface area (Å²) in [7, 11) is 0. The first-order valence-electron chi connectivity index (χ1n) is 7.87. The Morgan fingerprint density at radius 2 is 2.22 bits per heavy atom. The van der Waals surface area contributed by atoms with Crippen LogP contribution in [-0.4, -0.2) is 38.6 Å². The quantitative estimate of drug-likeness (QED) is 0.864. The predicted octanol–water partition coefficient (Wildman–Crippen LogP) is 2.07. The minimum atomic E-state index is 0.366. The van der Waals surface area contributed by atoms with E-state index >= 15 is 0 Å². The number of aromatic nitrogens is 3. The van der Waals surface area contributed by atoms with Gasteiger partial charge in [0.2, 0.25) is 5.88 Å². The minimum Gasteiger partial charge on any atom is -0.477 e. The molecule has 23 heavy (non-hydrogen) atoms. The Hall–Kier alpha value is -2.39. The summed E-state index contributed by atoms with van der Waals surface area (Å²) in [5.74, 6) is 0.931. The zero-order chi connectivity index (χ0) is 16.2. The van der Waals surface area contributed by atoms with Crippen molar-refractivity contribution in [3.8, 4) is 11.9 Å². The molecule has 3 heterocycles. The first kappa shape index (κ1) is 15.5. The van der Waals surface area contributed by atoms with Gasteiger partial charge in [-0.15, -0.1) is 0 Å². The summed E-state index contributed by atoms with van der Waals surface area (Å²) in [6, 6.07) is 6.01. The lowest BCUT2D eigenvalue weighted by atomic mass is 10.1. The maximum atomic E-state index is 8.80. The largest absolute Gasteiger partial charge is 0.477 e. The van der Waals surface area contributed by atoms with E-state index in [-0.39, 0.29) is 0 Å². The van der Waals surface area contributed by atoms with Crippen LogP contribution in [0.2, 0.25) is 0 Å². The van der Waals surface area contributed by atoms with Gasteiger partial charge >= 0.3 is 0 Å². The molecule has 120 valence electrons. The van der Waals surface area contributed by atoms with E-state index in [9.17, 15) is 0 Å². The van der Waals surface area contributed by atoms with E-state index in [4.69, 9.17) is 10.00 Å². The number of hydrogen-bond acceptors (Lipinski definition) is 5. The van der Waals surface area contributed by atoms with Crippen LogP contribution in [0.15, 0.2) is 30.9 Å². The second-order valence-corrected chi connectivity index (χ2v) is 6.23. The molecule has 1 aliphatic heterocycles. The lowest BCUT2D eigenvalue weighted by Gasteiger charge is -2.27. The van der Waals surface area contributed by atoms with Crippen molar-refractivity contribution < 1.29 is 4.74 Å². The summed E-state index contributed by atoms with van der Waals surface area (Å²) in [6.07, 6.45) is 5.38. The highest BCUT2D eigenvalue weighted by Crippen LogP contribution is 2.19. The van der Waals surface area contributed by atoms with E-state index in [1.54, 1.807) is 12.1 Å². The van der Waals surface area contributed by atoms with Crippen molar-refractivity contribution in [1.82, 2.24) is 19.4 Å². The number of nitrogens with zero attached hydrogens (tertiary/aromatic N) is 5. The van der Waals surface area contributed by atoms with E-state index in [0.717, 1.165) is 19.6 Å². The molecule has 3 rings (SSSR count). The van der Waals surface area contributed by atoms with Gasteiger partial charge in [0.1, 0.15) is 6.07 Å². The lowest BCUT2D eigenvalue weighted by molar-refractivity contribution is 0.145. The Balaban J connectivity index is 1.67. The monoisotopic (exact) mass is 311 g/mol. The smallest absolute Gasteiger partial charge is 0.213 e. The number of nitriles is 1. The van der Waals surface area contributed by atoms with Crippen LogP contribution < -0.4 is 4.74 Å². The number of rotatable bonds is 4. The molecule has 0 saturated carbocycles. The van der Waals surface area contributed by atoms with Gasteiger partial charge in [-0.05, 0) is 19.9 Å². The zero-order valence-electron chi connectivity index (χ0n) is 13.5. The van der Waals surface area contributed by atoms with Gasteiger partial charge in [0.25, 0.3) is 0 Å². The molecule has 1 aliphatic rings. The van der Waals surface area contributed by atoms with Gasteiger partial charge in [-0.25, -0.2) is 9.97 Å². The Labute approximate surface area is 136 Å². The van der Waals surface area contributed by atoms with Gasteiger partial charge in [-0.3, -0.25) is 4.90 Å². The molecule has 2 aromatic heterocycles. The van der Waals surface area contributed by atoms with Gasteiger partial charge in [0.15, 0.2) is 0 Å². The van der Waals surface area contributed by atoms with E-state index < -0.39 is 0 Å². The highest BCUT2D eigenvalue weighted by molar-refractivity contribution is 5.28. The molecule has 1 atom stereocenters. The Bertz CT molecular complexity index is 686. The van der Waals surface area contributed by atoms with Crippen LogP contribution in [0, 0.1) is 17.2 Å². The summed E-state index contributed by atoms with van der Waals surface area (Å²) in [4.78, 5) is 10.9. The molecule has 0 amide bonds. The Morgan fingerprint density at radius 1 is 1.35 bits per heavy atom. The van der Waals surface area contributed by atoms with Crippen molar-refractivity contribution in [2.45, 2.75) is 33.0 Å². The first-order chi connectivity index (χ1) is 11.2. The number of pyridine rings is 1. The standard InChI is InChI=1S/C17H21N5O/c1-13(2)21-8-15(9-22-12-19-7-16(22)10-21)11-23-17-4-3-14(5-18)6-20-17/h3-4,6-7,12-13,15H,8-11H2,1-2H3/t15-/m0/s1. The van der Waals surface area contributed by atoms with Crippen LogP contribution in [0.5, 0.6) is 5.88 Å². The first-order valence-corrected chi connectivity index (χ1v) is 7.87. The molecule has 0 saturated heterocycles. The molecule has 0 spiro atoms. The second-order valence-electron chi connectivity index (χ2n) is 6.23. The summed E-state index contributed by atoms with van der Waals surface area (Å²) in [5, 5.41) is 8.80. The van der Waals surface area contributed by atoms with Crippen molar-refractivity contribution in [2.24, 2.45) is 5.92 Å². The van der Waals surface area contributed by atoms with Crippen LogP contribution in [0.1, 0.15) is 25.1 Å². The van der Waals surface area contributed by atoms with E-state index in [2.05, 4.69) is 39.4 Å². The van der Waals surface area contributed by atoms with Crippen LogP contribution in [0.3, 0.4) is 0 Å². The number of hydrogen-bond donors (Lipinski definition) is 0. The average Bonchev–Trinajstić information content (AvgIpc) is 2.91. The van der Waals surface area contributed by atoms with E-state index in [1.807, 2.05) is 12.5 Å². The lowest BCUT2D eigenvalue weighted by Crippen LogP contribution is -2.35. The van der Waals surface area contributed by atoms with E-state index in [0.29, 0.717) is 30.0 Å². The Morgan fingerprint density at radius 3 is 2.91 bits per heavy atom. The molecular weight excluding hydrogens is 290 g/mol. The molecule has 0 N–H and O–H groups in total. The molecule has 0 unspecified atom stereocenters. The normalized spacial score (nSPS) is 18.3. The van der Waals surface area contributed by atoms with Gasteiger partial charge in [0, 0.05) is 50.1 Å². The van der Waals surface area contributed by atoms with Crippen LogP contribution in [0.4, 0.5) is 0 Å². The fourth-order valence-corrected chi connectivity index (χ4v) is 2.82. The number of ether oxygens (including phenoxy) is 1. The highest BCUT2D eigenvalue weighted by Gasteiger charge is 2.24. The maximum Gasteiger partial charge on any atom is 0.213 e. The molecule has 0 fully saturated rings. The summed E-state index contributed by atoms with van der Waals surface area (Å²) in [6.45, 7) is 7.83. The minimum absolute atomic E-state index is 0.366. The van der Waals surface area contributed by atoms with E-state index in [1.165, 1.54) is 11.9 Å².